The largest absolute Gasteiger partial charge is 0.481 e. The maximum Gasteiger partial charge on any atom is 0.221 e. The van der Waals surface area contributed by atoms with Gasteiger partial charge in [0.05, 0.1) is 12.7 Å². The van der Waals surface area contributed by atoms with E-state index in [1.54, 1.807) is 13.4 Å². The molecule has 0 amide bonds. The maximum atomic E-state index is 5.21. The predicted octanol–water partition coefficient (Wildman–Crippen LogP) is 2.78. The monoisotopic (exact) mass is 235 g/mol. The highest BCUT2D eigenvalue weighted by Crippen LogP contribution is 2.39. The minimum absolute atomic E-state index is 0.338. The Bertz CT molecular complexity index is 404. The van der Waals surface area contributed by atoms with Crippen LogP contribution in [-0.4, -0.2) is 23.1 Å². The number of methoxy groups -OCH3 is 1. The molecule has 1 aromatic rings. The first kappa shape index (κ1) is 12.1. The minimum atomic E-state index is 0.338. The van der Waals surface area contributed by atoms with Crippen LogP contribution in [0.5, 0.6) is 5.88 Å². The summed E-state index contributed by atoms with van der Waals surface area (Å²) in [7, 11) is 1.64. The topological polar surface area (TPSA) is 47.0 Å². The number of nitrogens with one attached hydrogen (secondary N) is 1. The first-order chi connectivity index (χ1) is 8.04. The second kappa shape index (κ2) is 4.51. The fourth-order valence-corrected chi connectivity index (χ4v) is 2.54. The highest BCUT2D eigenvalue weighted by atomic mass is 16.5. The predicted molar refractivity (Wildman–Crippen MR) is 68.4 cm³/mol. The zero-order chi connectivity index (χ0) is 12.5. The number of ether oxygens (including phenoxy) is 1. The van der Waals surface area contributed by atoms with Gasteiger partial charge in [0.1, 0.15) is 12.1 Å². The van der Waals surface area contributed by atoms with Crippen molar-refractivity contribution in [2.45, 2.75) is 46.1 Å². The number of anilines is 1. The molecule has 1 saturated carbocycles. The lowest BCUT2D eigenvalue weighted by Gasteiger charge is -2.28. The second-order valence-corrected chi connectivity index (χ2v) is 5.43. The molecule has 1 unspecified atom stereocenters. The number of nitrogens with zero attached hydrogens (tertiary/aromatic N) is 2. The van der Waals surface area contributed by atoms with Crippen LogP contribution < -0.4 is 10.1 Å². The van der Waals surface area contributed by atoms with Crippen LogP contribution in [-0.2, 0) is 0 Å². The smallest absolute Gasteiger partial charge is 0.221 e. The van der Waals surface area contributed by atoms with E-state index in [9.17, 15) is 0 Å². The third-order valence-corrected chi connectivity index (χ3v) is 3.80. The molecule has 2 rings (SSSR count). The van der Waals surface area contributed by atoms with E-state index >= 15 is 0 Å². The fraction of sp³-hybridized carbons (Fsp3) is 0.692. The summed E-state index contributed by atoms with van der Waals surface area (Å²) < 4.78 is 5.21. The molecular weight excluding hydrogens is 214 g/mol. The summed E-state index contributed by atoms with van der Waals surface area (Å²) in [5, 5.41) is 3.54. The molecular formula is C13H21N3O. The van der Waals surface area contributed by atoms with Gasteiger partial charge >= 0.3 is 0 Å². The van der Waals surface area contributed by atoms with Crippen molar-refractivity contribution in [3.8, 4) is 5.88 Å². The molecule has 4 nitrogen and oxygen atoms in total. The standard InChI is InChI=1S/C13H21N3O/c1-9-11(14-8-15-12(9)17-4)16-10-6-5-7-13(10,2)3/h8,10H,5-7H2,1-4H3,(H,14,15,16). The Kier molecular flexibility index (Phi) is 3.22. The Hall–Kier alpha value is -1.32. The summed E-state index contributed by atoms with van der Waals surface area (Å²) in [5.41, 5.74) is 1.32. The number of aromatic nitrogens is 2. The first-order valence-corrected chi connectivity index (χ1v) is 6.17. The van der Waals surface area contributed by atoms with Gasteiger partial charge in [0, 0.05) is 6.04 Å². The second-order valence-electron chi connectivity index (χ2n) is 5.43. The van der Waals surface area contributed by atoms with E-state index < -0.39 is 0 Å². The summed E-state index contributed by atoms with van der Waals surface area (Å²) in [4.78, 5) is 8.41. The van der Waals surface area contributed by atoms with Crippen molar-refractivity contribution >= 4 is 5.82 Å². The molecule has 0 radical (unpaired) electrons. The molecule has 1 atom stereocenters. The Morgan fingerprint density at radius 3 is 2.76 bits per heavy atom. The number of hydrogen-bond donors (Lipinski definition) is 1. The minimum Gasteiger partial charge on any atom is -0.481 e. The molecule has 1 aromatic heterocycles. The van der Waals surface area contributed by atoms with Crippen LogP contribution in [0.3, 0.4) is 0 Å². The van der Waals surface area contributed by atoms with E-state index in [0.29, 0.717) is 17.3 Å². The van der Waals surface area contributed by atoms with Crippen molar-refractivity contribution in [2.75, 3.05) is 12.4 Å². The van der Waals surface area contributed by atoms with Gasteiger partial charge in [-0.3, -0.25) is 0 Å². The lowest BCUT2D eigenvalue weighted by Crippen LogP contribution is -2.31. The van der Waals surface area contributed by atoms with Crippen LogP contribution in [0.15, 0.2) is 6.33 Å². The van der Waals surface area contributed by atoms with E-state index in [2.05, 4.69) is 29.1 Å². The Balaban J connectivity index is 2.19. The molecule has 4 heteroatoms. The molecule has 1 N–H and O–H groups in total. The fourth-order valence-electron chi connectivity index (χ4n) is 2.54. The van der Waals surface area contributed by atoms with Crippen molar-refractivity contribution < 1.29 is 4.74 Å². The average Bonchev–Trinajstić information content (AvgIpc) is 2.61. The van der Waals surface area contributed by atoms with Gasteiger partial charge in [0.25, 0.3) is 0 Å². The Morgan fingerprint density at radius 2 is 2.18 bits per heavy atom. The van der Waals surface area contributed by atoms with Crippen molar-refractivity contribution in [2.24, 2.45) is 5.41 Å². The van der Waals surface area contributed by atoms with Crippen molar-refractivity contribution in [1.29, 1.82) is 0 Å². The highest BCUT2D eigenvalue weighted by molar-refractivity contribution is 5.48. The third kappa shape index (κ3) is 2.35. The first-order valence-electron chi connectivity index (χ1n) is 6.17. The summed E-state index contributed by atoms with van der Waals surface area (Å²) >= 11 is 0. The third-order valence-electron chi connectivity index (χ3n) is 3.80. The van der Waals surface area contributed by atoms with Gasteiger partial charge in [0.2, 0.25) is 5.88 Å². The van der Waals surface area contributed by atoms with Crippen molar-refractivity contribution in [1.82, 2.24) is 9.97 Å². The molecule has 1 aliphatic rings. The summed E-state index contributed by atoms with van der Waals surface area (Å²) in [5.74, 6) is 1.55. The summed E-state index contributed by atoms with van der Waals surface area (Å²) in [6.45, 7) is 6.61. The molecule has 94 valence electrons. The molecule has 0 saturated heterocycles. The van der Waals surface area contributed by atoms with Crippen LogP contribution >= 0.6 is 0 Å². The molecule has 1 aliphatic carbocycles. The van der Waals surface area contributed by atoms with Crippen LogP contribution in [0, 0.1) is 12.3 Å². The lowest BCUT2D eigenvalue weighted by molar-refractivity contribution is 0.348. The van der Waals surface area contributed by atoms with Gasteiger partial charge in [-0.15, -0.1) is 0 Å². The molecule has 1 fully saturated rings. The van der Waals surface area contributed by atoms with Crippen LogP contribution in [0.4, 0.5) is 5.82 Å². The molecule has 1 heterocycles. The Labute approximate surface area is 103 Å². The lowest BCUT2D eigenvalue weighted by atomic mass is 9.87. The van der Waals surface area contributed by atoms with Crippen LogP contribution in [0.2, 0.25) is 0 Å². The van der Waals surface area contributed by atoms with Gasteiger partial charge in [0.15, 0.2) is 0 Å². The van der Waals surface area contributed by atoms with Gasteiger partial charge < -0.3 is 10.1 Å². The zero-order valence-electron chi connectivity index (χ0n) is 11.1. The Morgan fingerprint density at radius 1 is 1.41 bits per heavy atom. The van der Waals surface area contributed by atoms with Crippen LogP contribution in [0.25, 0.3) is 0 Å². The van der Waals surface area contributed by atoms with E-state index in [1.807, 2.05) is 6.92 Å². The molecule has 0 spiro atoms. The molecule has 0 aliphatic heterocycles. The van der Waals surface area contributed by atoms with E-state index in [-0.39, 0.29) is 0 Å². The van der Waals surface area contributed by atoms with Gasteiger partial charge in [-0.1, -0.05) is 20.3 Å². The zero-order valence-corrected chi connectivity index (χ0v) is 11.1. The summed E-state index contributed by atoms with van der Waals surface area (Å²) in [6.07, 6.45) is 5.31. The SMILES string of the molecule is COc1ncnc(NC2CCCC2(C)C)c1C. The number of rotatable bonds is 3. The van der Waals surface area contributed by atoms with E-state index in [0.717, 1.165) is 11.4 Å². The highest BCUT2D eigenvalue weighted by Gasteiger charge is 2.34. The number of hydrogen-bond acceptors (Lipinski definition) is 4. The van der Waals surface area contributed by atoms with Gasteiger partial charge in [-0.05, 0) is 25.2 Å². The normalized spacial score (nSPS) is 22.5. The van der Waals surface area contributed by atoms with E-state index in [4.69, 9.17) is 4.74 Å². The van der Waals surface area contributed by atoms with Crippen LogP contribution in [0.1, 0.15) is 38.7 Å². The molecule has 17 heavy (non-hydrogen) atoms. The quantitative estimate of drug-likeness (QED) is 0.875. The van der Waals surface area contributed by atoms with Crippen molar-refractivity contribution in [3.63, 3.8) is 0 Å². The van der Waals surface area contributed by atoms with Gasteiger partial charge in [-0.2, -0.15) is 0 Å². The molecule has 0 bridgehead atoms. The van der Waals surface area contributed by atoms with Crippen molar-refractivity contribution in [3.05, 3.63) is 11.9 Å². The van der Waals surface area contributed by atoms with E-state index in [1.165, 1.54) is 19.3 Å². The average molecular weight is 235 g/mol. The molecule has 0 aromatic carbocycles. The van der Waals surface area contributed by atoms with Gasteiger partial charge in [-0.25, -0.2) is 9.97 Å². The maximum absolute atomic E-state index is 5.21. The summed E-state index contributed by atoms with van der Waals surface area (Å²) in [6, 6.07) is 0.487.